The molecule has 330 valence electrons. The molecule has 0 fully saturated rings. The van der Waals surface area contributed by atoms with Crippen molar-refractivity contribution in [1.29, 1.82) is 0 Å². The topological polar surface area (TPSA) is 120 Å². The summed E-state index contributed by atoms with van der Waals surface area (Å²) < 4.78 is 0. The molecule has 0 saturated heterocycles. The smallest absolute Gasteiger partial charge is 0.550 e. The van der Waals surface area contributed by atoms with Gasteiger partial charge in [0.2, 0.25) is 0 Å². The zero-order valence-corrected chi connectivity index (χ0v) is 39.4. The molecule has 0 amide bonds. The van der Waals surface area contributed by atoms with E-state index in [2.05, 4.69) is 20.8 Å². The van der Waals surface area contributed by atoms with Gasteiger partial charge in [-0.3, -0.25) is 0 Å². The van der Waals surface area contributed by atoms with Crippen LogP contribution in [-0.4, -0.2) is 17.9 Å². The molecule has 0 aliphatic rings. The number of rotatable bonds is 42. The van der Waals surface area contributed by atoms with Gasteiger partial charge in [0.15, 0.2) is 0 Å². The first-order valence-electron chi connectivity index (χ1n) is 23.9. The summed E-state index contributed by atoms with van der Waals surface area (Å²) in [5.74, 6) is -2.71. The molecular formula is C48H93IrO6. The Labute approximate surface area is 356 Å². The Balaban J connectivity index is -0.000000351. The number of carboxylic acid groups (broad SMARTS) is 3. The van der Waals surface area contributed by atoms with E-state index in [-0.39, 0.29) is 39.4 Å². The van der Waals surface area contributed by atoms with E-state index in [4.69, 9.17) is 0 Å². The van der Waals surface area contributed by atoms with Crippen LogP contribution in [0.4, 0.5) is 0 Å². The molecule has 0 aromatic heterocycles. The van der Waals surface area contributed by atoms with E-state index in [1.54, 1.807) is 0 Å². The summed E-state index contributed by atoms with van der Waals surface area (Å²) in [6.07, 6.45) is 50.8. The van der Waals surface area contributed by atoms with Gasteiger partial charge >= 0.3 is 20.1 Å². The van der Waals surface area contributed by atoms with Crippen molar-refractivity contribution in [2.45, 2.75) is 290 Å². The first kappa shape index (κ1) is 60.7. The van der Waals surface area contributed by atoms with Crippen LogP contribution in [0.2, 0.25) is 0 Å². The molecule has 7 heteroatoms. The van der Waals surface area contributed by atoms with Crippen molar-refractivity contribution in [3.63, 3.8) is 0 Å². The molecule has 0 aliphatic carbocycles. The van der Waals surface area contributed by atoms with Gasteiger partial charge < -0.3 is 29.7 Å². The Morgan fingerprint density at radius 2 is 0.345 bits per heavy atom. The number of carboxylic acids is 3. The number of unbranched alkanes of at least 4 members (excludes halogenated alkanes) is 36. The number of carbonyl (C=O) groups excluding carboxylic acids is 3. The predicted molar refractivity (Wildman–Crippen MR) is 226 cm³/mol. The van der Waals surface area contributed by atoms with Gasteiger partial charge in [0.05, 0.1) is 0 Å². The van der Waals surface area contributed by atoms with Crippen LogP contribution in [0.15, 0.2) is 0 Å². The second-order valence-corrected chi connectivity index (χ2v) is 16.1. The Bertz CT molecular complexity index is 636. The van der Waals surface area contributed by atoms with E-state index in [9.17, 15) is 29.7 Å². The summed E-state index contributed by atoms with van der Waals surface area (Å²) in [7, 11) is 0. The minimum absolute atomic E-state index is 0. The van der Waals surface area contributed by atoms with E-state index in [0.717, 1.165) is 38.5 Å². The van der Waals surface area contributed by atoms with Crippen LogP contribution in [0.5, 0.6) is 0 Å². The van der Waals surface area contributed by atoms with Crippen LogP contribution >= 0.6 is 0 Å². The van der Waals surface area contributed by atoms with Gasteiger partial charge in [0, 0.05) is 17.9 Å². The van der Waals surface area contributed by atoms with Crippen molar-refractivity contribution >= 4 is 17.9 Å². The SMILES string of the molecule is CCCCCCCCCCCCCCCC(=O)[O-].CCCCCCCCCCCCCCCC(=O)[O-].CCCCCCCCCCCCCCCC(=O)[O-].[Ir+3]. The maximum Gasteiger partial charge on any atom is 3.00 e. The van der Waals surface area contributed by atoms with E-state index >= 15 is 0 Å². The molecule has 0 bridgehead atoms. The Hall–Kier alpha value is -0.941. The number of hydrogen-bond acceptors (Lipinski definition) is 6. The van der Waals surface area contributed by atoms with E-state index in [1.165, 1.54) is 212 Å². The Kier molecular flexibility index (Phi) is 63.4. The molecule has 0 rings (SSSR count). The van der Waals surface area contributed by atoms with Crippen LogP contribution < -0.4 is 15.3 Å². The Morgan fingerprint density at radius 1 is 0.236 bits per heavy atom. The van der Waals surface area contributed by atoms with Crippen LogP contribution in [0.25, 0.3) is 0 Å². The normalized spacial score (nSPS) is 10.5. The van der Waals surface area contributed by atoms with Crippen LogP contribution in [0.1, 0.15) is 290 Å². The number of hydrogen-bond donors (Lipinski definition) is 0. The van der Waals surface area contributed by atoms with Gasteiger partial charge in [-0.2, -0.15) is 0 Å². The number of aliphatic carboxylic acids is 3. The molecule has 0 atom stereocenters. The quantitative estimate of drug-likeness (QED) is 0.0562. The Morgan fingerprint density at radius 3 is 0.455 bits per heavy atom. The maximum absolute atomic E-state index is 10.2. The van der Waals surface area contributed by atoms with Gasteiger partial charge in [0.25, 0.3) is 0 Å². The van der Waals surface area contributed by atoms with Gasteiger partial charge in [0.1, 0.15) is 0 Å². The maximum atomic E-state index is 10.2. The van der Waals surface area contributed by atoms with Crippen molar-refractivity contribution in [2.75, 3.05) is 0 Å². The minimum Gasteiger partial charge on any atom is -0.550 e. The summed E-state index contributed by atoms with van der Waals surface area (Å²) in [5, 5.41) is 30.6. The fraction of sp³-hybridized carbons (Fsp3) is 0.938. The zero-order valence-electron chi connectivity index (χ0n) is 37.0. The molecule has 0 radical (unpaired) electrons. The van der Waals surface area contributed by atoms with Crippen LogP contribution in [0.3, 0.4) is 0 Å². The standard InChI is InChI=1S/3C16H32O2.Ir/c3*1-2-3-4-5-6-7-8-9-10-11-12-13-14-15-16(17)18;/h3*2-15H2,1H3,(H,17,18);/q;;;+3/p-3. The molecule has 0 unspecified atom stereocenters. The molecule has 6 nitrogen and oxygen atoms in total. The average Bonchev–Trinajstić information content (AvgIpc) is 3.14. The predicted octanol–water partition coefficient (Wildman–Crippen LogP) is 12.7. The molecular weight excluding hydrogens is 865 g/mol. The summed E-state index contributed by atoms with van der Waals surface area (Å²) >= 11 is 0. The third-order valence-corrected chi connectivity index (χ3v) is 10.5. The van der Waals surface area contributed by atoms with Crippen molar-refractivity contribution < 1.29 is 49.8 Å². The zero-order chi connectivity index (χ0) is 40.4. The van der Waals surface area contributed by atoms with E-state index < -0.39 is 17.9 Å². The second-order valence-electron chi connectivity index (χ2n) is 16.1. The van der Waals surface area contributed by atoms with Crippen molar-refractivity contribution in [1.82, 2.24) is 0 Å². The minimum atomic E-state index is -0.905. The first-order chi connectivity index (χ1) is 26.3. The van der Waals surface area contributed by atoms with Crippen LogP contribution in [-0.2, 0) is 34.5 Å². The number of carbonyl (C=O) groups is 3. The van der Waals surface area contributed by atoms with Crippen LogP contribution in [0, 0.1) is 0 Å². The third kappa shape index (κ3) is 71.3. The fourth-order valence-corrected chi connectivity index (χ4v) is 6.86. The summed E-state index contributed by atoms with van der Waals surface area (Å²) in [4.78, 5) is 30.6. The van der Waals surface area contributed by atoms with Crippen molar-refractivity contribution in [3.8, 4) is 0 Å². The van der Waals surface area contributed by atoms with E-state index in [0.29, 0.717) is 0 Å². The van der Waals surface area contributed by atoms with Crippen molar-refractivity contribution in [3.05, 3.63) is 0 Å². The molecule has 0 aromatic carbocycles. The first-order valence-corrected chi connectivity index (χ1v) is 23.9. The molecule has 55 heavy (non-hydrogen) atoms. The summed E-state index contributed by atoms with van der Waals surface area (Å²) in [6.45, 7) is 6.77. The van der Waals surface area contributed by atoms with E-state index in [1.807, 2.05) is 0 Å². The third-order valence-electron chi connectivity index (χ3n) is 10.5. The van der Waals surface area contributed by atoms with Gasteiger partial charge in [-0.15, -0.1) is 0 Å². The summed E-state index contributed by atoms with van der Waals surface area (Å²) in [5.41, 5.74) is 0. The average molecular weight is 958 g/mol. The fourth-order valence-electron chi connectivity index (χ4n) is 6.86. The van der Waals surface area contributed by atoms with Gasteiger partial charge in [-0.25, -0.2) is 0 Å². The molecule has 0 heterocycles. The molecule has 0 saturated carbocycles. The molecule has 0 N–H and O–H groups in total. The van der Waals surface area contributed by atoms with Gasteiger partial charge in [-0.1, -0.05) is 252 Å². The molecule has 0 spiro atoms. The van der Waals surface area contributed by atoms with Crippen molar-refractivity contribution in [2.24, 2.45) is 0 Å². The largest absolute Gasteiger partial charge is 3.00 e. The molecule has 0 aliphatic heterocycles. The van der Waals surface area contributed by atoms with Gasteiger partial charge in [-0.05, 0) is 38.5 Å². The summed E-state index contributed by atoms with van der Waals surface area (Å²) in [6, 6.07) is 0. The second kappa shape index (κ2) is 57.4. The molecule has 0 aromatic rings. The monoisotopic (exact) mass is 959 g/mol.